The number of esters is 1. The highest BCUT2D eigenvalue weighted by molar-refractivity contribution is 5.87. The Morgan fingerprint density at radius 2 is 1.91 bits per heavy atom. The molecule has 0 unspecified atom stereocenters. The van der Waals surface area contributed by atoms with Crippen molar-refractivity contribution in [2.24, 2.45) is 0 Å². The van der Waals surface area contributed by atoms with Gasteiger partial charge in [-0.3, -0.25) is 0 Å². The Labute approximate surface area is 134 Å². The largest absolute Gasteiger partial charge is 0.464 e. The average molecular weight is 307 g/mol. The first-order chi connectivity index (χ1) is 11.3. The molecule has 3 aromatic rings. The second-order valence-electron chi connectivity index (χ2n) is 5.05. The number of benzene rings is 1. The summed E-state index contributed by atoms with van der Waals surface area (Å²) in [5.41, 5.74) is 3.10. The lowest BCUT2D eigenvalue weighted by Crippen LogP contribution is -2.09. The third-order valence-electron chi connectivity index (χ3n) is 3.46. The van der Waals surface area contributed by atoms with E-state index >= 15 is 0 Å². The molecule has 23 heavy (non-hydrogen) atoms. The molecule has 2 aromatic heterocycles. The Balaban J connectivity index is 2.01. The molecule has 0 saturated carbocycles. The van der Waals surface area contributed by atoms with Gasteiger partial charge < -0.3 is 9.15 Å². The minimum absolute atomic E-state index is 0.313. The number of nitrogens with zero attached hydrogens (tertiary/aromatic N) is 1. The number of carbonyl (C=O) groups is 1. The maximum Gasteiger partial charge on any atom is 0.356 e. The van der Waals surface area contributed by atoms with Crippen LogP contribution in [0, 0.1) is 0 Å². The molecule has 0 saturated heterocycles. The summed E-state index contributed by atoms with van der Waals surface area (Å²) in [4.78, 5) is 16.4. The minimum Gasteiger partial charge on any atom is -0.464 e. The van der Waals surface area contributed by atoms with Crippen LogP contribution in [-0.2, 0) is 11.2 Å². The fourth-order valence-electron chi connectivity index (χ4n) is 2.40. The molecule has 0 N–H and O–H groups in total. The Hall–Kier alpha value is -2.88. The Morgan fingerprint density at radius 1 is 1.09 bits per heavy atom. The van der Waals surface area contributed by atoms with Crippen LogP contribution in [0.3, 0.4) is 0 Å². The van der Waals surface area contributed by atoms with Crippen LogP contribution < -0.4 is 0 Å². The lowest BCUT2D eigenvalue weighted by Gasteiger charge is -2.09. The van der Waals surface area contributed by atoms with Crippen molar-refractivity contribution in [1.82, 2.24) is 4.98 Å². The number of aromatic nitrogens is 1. The monoisotopic (exact) mass is 307 g/mol. The molecule has 0 fully saturated rings. The molecule has 4 heteroatoms. The van der Waals surface area contributed by atoms with Gasteiger partial charge in [0.15, 0.2) is 0 Å². The van der Waals surface area contributed by atoms with E-state index in [1.54, 1.807) is 19.3 Å². The van der Waals surface area contributed by atoms with Gasteiger partial charge in [-0.15, -0.1) is 0 Å². The molecule has 2 heterocycles. The molecule has 0 aliphatic carbocycles. The SMILES string of the molecule is CCOC(=O)c1ccc(-c2ccco2)c(Cc2ccccc2)n1. The first-order valence-electron chi connectivity index (χ1n) is 7.52. The average Bonchev–Trinajstić information content (AvgIpc) is 3.10. The topological polar surface area (TPSA) is 52.3 Å². The summed E-state index contributed by atoms with van der Waals surface area (Å²) in [6.45, 7) is 2.11. The molecule has 0 aliphatic rings. The summed E-state index contributed by atoms with van der Waals surface area (Å²) in [7, 11) is 0. The van der Waals surface area contributed by atoms with Gasteiger partial charge in [0.1, 0.15) is 11.5 Å². The summed E-state index contributed by atoms with van der Waals surface area (Å²) in [5.74, 6) is 0.326. The van der Waals surface area contributed by atoms with E-state index in [1.807, 2.05) is 48.5 Å². The lowest BCUT2D eigenvalue weighted by atomic mass is 10.0. The van der Waals surface area contributed by atoms with Gasteiger partial charge in [-0.25, -0.2) is 9.78 Å². The second kappa shape index (κ2) is 6.92. The van der Waals surface area contributed by atoms with Crippen LogP contribution in [0.15, 0.2) is 65.3 Å². The van der Waals surface area contributed by atoms with Crippen molar-refractivity contribution in [3.8, 4) is 11.3 Å². The fraction of sp³-hybridized carbons (Fsp3) is 0.158. The van der Waals surface area contributed by atoms with E-state index in [2.05, 4.69) is 4.98 Å². The zero-order chi connectivity index (χ0) is 16.1. The molecule has 3 rings (SSSR count). The quantitative estimate of drug-likeness (QED) is 0.666. The molecular weight excluding hydrogens is 290 g/mol. The van der Waals surface area contributed by atoms with E-state index < -0.39 is 5.97 Å². The number of carbonyl (C=O) groups excluding carboxylic acids is 1. The van der Waals surface area contributed by atoms with Gasteiger partial charge in [-0.2, -0.15) is 0 Å². The van der Waals surface area contributed by atoms with E-state index in [0.717, 1.165) is 22.6 Å². The summed E-state index contributed by atoms with van der Waals surface area (Å²) in [5, 5.41) is 0. The van der Waals surface area contributed by atoms with Gasteiger partial charge >= 0.3 is 5.97 Å². The molecule has 0 atom stereocenters. The van der Waals surface area contributed by atoms with Crippen molar-refractivity contribution in [2.75, 3.05) is 6.61 Å². The predicted octanol–water partition coefficient (Wildman–Crippen LogP) is 4.11. The molecule has 4 nitrogen and oxygen atoms in total. The van der Waals surface area contributed by atoms with Crippen LogP contribution in [-0.4, -0.2) is 17.6 Å². The number of hydrogen-bond acceptors (Lipinski definition) is 4. The highest BCUT2D eigenvalue weighted by atomic mass is 16.5. The number of hydrogen-bond donors (Lipinski definition) is 0. The zero-order valence-corrected chi connectivity index (χ0v) is 12.9. The summed E-state index contributed by atoms with van der Waals surface area (Å²) in [6.07, 6.45) is 2.24. The van der Waals surface area contributed by atoms with Crippen molar-refractivity contribution in [1.29, 1.82) is 0 Å². The van der Waals surface area contributed by atoms with Gasteiger partial charge in [0.05, 0.1) is 18.6 Å². The lowest BCUT2D eigenvalue weighted by molar-refractivity contribution is 0.0519. The fourth-order valence-corrected chi connectivity index (χ4v) is 2.40. The molecule has 116 valence electrons. The van der Waals surface area contributed by atoms with Gasteiger partial charge in [-0.1, -0.05) is 30.3 Å². The maximum atomic E-state index is 11.9. The molecule has 0 amide bonds. The van der Waals surface area contributed by atoms with Crippen LogP contribution in [0.1, 0.15) is 28.7 Å². The first-order valence-corrected chi connectivity index (χ1v) is 7.52. The third-order valence-corrected chi connectivity index (χ3v) is 3.46. The summed E-state index contributed by atoms with van der Waals surface area (Å²) >= 11 is 0. The molecule has 0 spiro atoms. The number of pyridine rings is 1. The van der Waals surface area contributed by atoms with Crippen LogP contribution in [0.4, 0.5) is 0 Å². The van der Waals surface area contributed by atoms with E-state index in [9.17, 15) is 4.79 Å². The van der Waals surface area contributed by atoms with E-state index in [1.165, 1.54) is 0 Å². The van der Waals surface area contributed by atoms with Crippen LogP contribution in [0.5, 0.6) is 0 Å². The third kappa shape index (κ3) is 3.48. The molecular formula is C19H17NO3. The highest BCUT2D eigenvalue weighted by Gasteiger charge is 2.15. The van der Waals surface area contributed by atoms with E-state index in [-0.39, 0.29) is 0 Å². The predicted molar refractivity (Wildman–Crippen MR) is 87.1 cm³/mol. The van der Waals surface area contributed by atoms with E-state index in [0.29, 0.717) is 18.7 Å². The number of furan rings is 1. The van der Waals surface area contributed by atoms with Gasteiger partial charge in [0, 0.05) is 12.0 Å². The van der Waals surface area contributed by atoms with Gasteiger partial charge in [-0.05, 0) is 36.8 Å². The smallest absolute Gasteiger partial charge is 0.356 e. The van der Waals surface area contributed by atoms with Crippen molar-refractivity contribution >= 4 is 5.97 Å². The number of rotatable bonds is 5. The van der Waals surface area contributed by atoms with Crippen molar-refractivity contribution in [3.05, 3.63) is 77.8 Å². The Kier molecular flexibility index (Phi) is 4.52. The molecule has 1 aromatic carbocycles. The van der Waals surface area contributed by atoms with Gasteiger partial charge in [0.25, 0.3) is 0 Å². The van der Waals surface area contributed by atoms with E-state index in [4.69, 9.17) is 9.15 Å². The van der Waals surface area contributed by atoms with Crippen molar-refractivity contribution < 1.29 is 13.9 Å². The Morgan fingerprint density at radius 3 is 2.61 bits per heavy atom. The van der Waals surface area contributed by atoms with Gasteiger partial charge in [0.2, 0.25) is 0 Å². The van der Waals surface area contributed by atoms with Crippen LogP contribution >= 0.6 is 0 Å². The zero-order valence-electron chi connectivity index (χ0n) is 12.9. The maximum absolute atomic E-state index is 11.9. The summed E-state index contributed by atoms with van der Waals surface area (Å²) in [6, 6.07) is 17.3. The van der Waals surface area contributed by atoms with Crippen molar-refractivity contribution in [2.45, 2.75) is 13.3 Å². The highest BCUT2D eigenvalue weighted by Crippen LogP contribution is 2.25. The number of ether oxygens (including phenoxy) is 1. The van der Waals surface area contributed by atoms with Crippen molar-refractivity contribution in [3.63, 3.8) is 0 Å². The second-order valence-corrected chi connectivity index (χ2v) is 5.05. The standard InChI is InChI=1S/C19H17NO3/c1-2-22-19(21)16-11-10-15(18-9-6-12-23-18)17(20-16)13-14-7-4-3-5-8-14/h3-12H,2,13H2,1H3. The normalized spacial score (nSPS) is 10.5. The van der Waals surface area contributed by atoms with Crippen LogP contribution in [0.25, 0.3) is 11.3 Å². The molecule has 0 radical (unpaired) electrons. The minimum atomic E-state index is -0.409. The molecule has 0 aliphatic heterocycles. The Bertz CT molecular complexity index is 780. The summed E-state index contributed by atoms with van der Waals surface area (Å²) < 4.78 is 10.5. The molecule has 0 bridgehead atoms. The van der Waals surface area contributed by atoms with Crippen LogP contribution in [0.2, 0.25) is 0 Å². The first kappa shape index (κ1) is 15.0.